The van der Waals surface area contributed by atoms with E-state index in [-0.39, 0.29) is 30.4 Å². The second kappa shape index (κ2) is 7.27. The van der Waals surface area contributed by atoms with Crippen LogP contribution in [0.5, 0.6) is 5.75 Å². The van der Waals surface area contributed by atoms with Gasteiger partial charge in [0.15, 0.2) is 5.60 Å². The van der Waals surface area contributed by atoms with Gasteiger partial charge in [0.1, 0.15) is 5.75 Å². The summed E-state index contributed by atoms with van der Waals surface area (Å²) < 4.78 is 5.84. The maximum absolute atomic E-state index is 12.8. The number of fused-ring (bicyclic) bond motifs is 1. The fourth-order valence-corrected chi connectivity index (χ4v) is 3.63. The SMILES string of the molecule is Cc1ccc2c(c1)N(CCC(=O)NC1CCC(O)CC1)C(=O)C(C)(C)O2. The number of rotatable bonds is 4. The molecule has 3 rings (SSSR count). The van der Waals surface area contributed by atoms with Gasteiger partial charge < -0.3 is 20.1 Å². The number of anilines is 1. The van der Waals surface area contributed by atoms with Gasteiger partial charge in [-0.1, -0.05) is 6.07 Å². The lowest BCUT2D eigenvalue weighted by Crippen LogP contribution is -2.53. The van der Waals surface area contributed by atoms with Crippen LogP contribution in [0, 0.1) is 6.92 Å². The highest BCUT2D eigenvalue weighted by Gasteiger charge is 2.40. The summed E-state index contributed by atoms with van der Waals surface area (Å²) in [6, 6.07) is 5.87. The zero-order valence-corrected chi connectivity index (χ0v) is 15.7. The highest BCUT2D eigenvalue weighted by Crippen LogP contribution is 2.38. The summed E-state index contributed by atoms with van der Waals surface area (Å²) in [7, 11) is 0. The van der Waals surface area contributed by atoms with Gasteiger partial charge in [-0.3, -0.25) is 9.59 Å². The van der Waals surface area contributed by atoms with Crippen LogP contribution in [0.1, 0.15) is 51.5 Å². The Bertz CT molecular complexity index is 693. The fourth-order valence-electron chi connectivity index (χ4n) is 3.63. The van der Waals surface area contributed by atoms with Gasteiger partial charge in [0.25, 0.3) is 5.91 Å². The van der Waals surface area contributed by atoms with Crippen molar-refractivity contribution in [2.24, 2.45) is 0 Å². The van der Waals surface area contributed by atoms with Crippen molar-refractivity contribution in [1.29, 1.82) is 0 Å². The summed E-state index contributed by atoms with van der Waals surface area (Å²) in [6.07, 6.45) is 3.07. The number of benzene rings is 1. The molecule has 0 bridgehead atoms. The van der Waals surface area contributed by atoms with Crippen molar-refractivity contribution in [3.8, 4) is 5.75 Å². The lowest BCUT2D eigenvalue weighted by molar-refractivity contribution is -0.132. The van der Waals surface area contributed by atoms with Crippen LogP contribution in [-0.2, 0) is 9.59 Å². The van der Waals surface area contributed by atoms with Crippen molar-refractivity contribution in [3.63, 3.8) is 0 Å². The van der Waals surface area contributed by atoms with Crippen LogP contribution < -0.4 is 15.0 Å². The minimum atomic E-state index is -0.946. The second-order valence-electron chi connectivity index (χ2n) is 7.86. The minimum absolute atomic E-state index is 0.0577. The Morgan fingerprint density at radius 3 is 2.69 bits per heavy atom. The number of nitrogens with one attached hydrogen (secondary N) is 1. The van der Waals surface area contributed by atoms with E-state index < -0.39 is 5.60 Å². The molecule has 2 amide bonds. The van der Waals surface area contributed by atoms with Crippen LogP contribution in [0.25, 0.3) is 0 Å². The predicted octanol–water partition coefficient (Wildman–Crippen LogP) is 2.31. The monoisotopic (exact) mass is 360 g/mol. The molecule has 2 aliphatic rings. The average molecular weight is 360 g/mol. The van der Waals surface area contributed by atoms with Crippen molar-refractivity contribution in [2.45, 2.75) is 70.6 Å². The van der Waals surface area contributed by atoms with Gasteiger partial charge in [-0.05, 0) is 64.2 Å². The van der Waals surface area contributed by atoms with Gasteiger partial charge >= 0.3 is 0 Å². The maximum atomic E-state index is 12.8. The predicted molar refractivity (Wildman–Crippen MR) is 99.3 cm³/mol. The molecule has 0 spiro atoms. The molecule has 1 fully saturated rings. The smallest absolute Gasteiger partial charge is 0.270 e. The largest absolute Gasteiger partial charge is 0.476 e. The summed E-state index contributed by atoms with van der Waals surface area (Å²) in [6.45, 7) is 5.78. The number of carbonyl (C=O) groups excluding carboxylic acids is 2. The van der Waals surface area contributed by atoms with E-state index >= 15 is 0 Å². The normalized spacial score (nSPS) is 24.6. The number of aliphatic hydroxyl groups is 1. The minimum Gasteiger partial charge on any atom is -0.476 e. The first-order valence-corrected chi connectivity index (χ1v) is 9.35. The standard InChI is InChI=1S/C20H28N2O4/c1-13-4-9-17-16(12-13)22(19(25)20(2,3)26-17)11-10-18(24)21-14-5-7-15(23)8-6-14/h4,9,12,14-15,23H,5-8,10-11H2,1-3H3,(H,21,24). The molecule has 2 N–H and O–H groups in total. The molecular weight excluding hydrogens is 332 g/mol. The lowest BCUT2D eigenvalue weighted by atomic mass is 9.93. The van der Waals surface area contributed by atoms with Gasteiger partial charge in [-0.25, -0.2) is 0 Å². The number of nitrogens with zero attached hydrogens (tertiary/aromatic N) is 1. The number of hydrogen-bond acceptors (Lipinski definition) is 4. The molecule has 1 heterocycles. The average Bonchev–Trinajstić information content (AvgIpc) is 2.58. The third-order valence-corrected chi connectivity index (χ3v) is 5.15. The van der Waals surface area contributed by atoms with Crippen LogP contribution in [-0.4, -0.2) is 41.2 Å². The van der Waals surface area contributed by atoms with E-state index in [0.29, 0.717) is 12.3 Å². The van der Waals surface area contributed by atoms with E-state index in [1.165, 1.54) is 0 Å². The van der Waals surface area contributed by atoms with E-state index in [9.17, 15) is 14.7 Å². The summed E-state index contributed by atoms with van der Waals surface area (Å²) in [5, 5.41) is 12.6. The van der Waals surface area contributed by atoms with Crippen molar-refractivity contribution in [1.82, 2.24) is 5.32 Å². The van der Waals surface area contributed by atoms with Crippen molar-refractivity contribution >= 4 is 17.5 Å². The summed E-state index contributed by atoms with van der Waals surface area (Å²) in [5.41, 5.74) is 0.816. The molecule has 1 saturated carbocycles. The van der Waals surface area contributed by atoms with Gasteiger partial charge in [-0.15, -0.1) is 0 Å². The third-order valence-electron chi connectivity index (χ3n) is 5.15. The summed E-state index contributed by atoms with van der Waals surface area (Å²) in [5.74, 6) is 0.476. The molecule has 0 saturated heterocycles. The van der Waals surface area contributed by atoms with Crippen molar-refractivity contribution in [2.75, 3.05) is 11.4 Å². The van der Waals surface area contributed by atoms with Crippen LogP contribution in [0.4, 0.5) is 5.69 Å². The zero-order chi connectivity index (χ0) is 18.9. The first-order chi connectivity index (χ1) is 12.3. The first kappa shape index (κ1) is 18.7. The highest BCUT2D eigenvalue weighted by molar-refractivity contribution is 6.02. The molecule has 0 radical (unpaired) electrons. The number of amides is 2. The second-order valence-corrected chi connectivity index (χ2v) is 7.86. The van der Waals surface area contributed by atoms with Crippen LogP contribution in [0.2, 0.25) is 0 Å². The molecule has 1 aliphatic heterocycles. The quantitative estimate of drug-likeness (QED) is 0.864. The molecule has 142 valence electrons. The van der Waals surface area contributed by atoms with E-state index in [0.717, 1.165) is 36.9 Å². The number of aryl methyl sites for hydroxylation is 1. The number of ether oxygens (including phenoxy) is 1. The Kier molecular flexibility index (Phi) is 5.23. The van der Waals surface area contributed by atoms with Gasteiger partial charge in [0, 0.05) is 19.0 Å². The number of aliphatic hydroxyl groups excluding tert-OH is 1. The van der Waals surface area contributed by atoms with Crippen molar-refractivity contribution in [3.05, 3.63) is 23.8 Å². The van der Waals surface area contributed by atoms with E-state index in [4.69, 9.17) is 4.74 Å². The first-order valence-electron chi connectivity index (χ1n) is 9.35. The lowest BCUT2D eigenvalue weighted by Gasteiger charge is -2.39. The van der Waals surface area contributed by atoms with E-state index in [2.05, 4.69) is 5.32 Å². The molecular formula is C20H28N2O4. The van der Waals surface area contributed by atoms with E-state index in [1.54, 1.807) is 18.7 Å². The third kappa shape index (κ3) is 4.01. The molecule has 6 heteroatoms. The zero-order valence-electron chi connectivity index (χ0n) is 15.7. The number of carbonyl (C=O) groups is 2. The Labute approximate surface area is 154 Å². The topological polar surface area (TPSA) is 78.9 Å². The molecule has 26 heavy (non-hydrogen) atoms. The molecule has 0 unspecified atom stereocenters. The van der Waals surface area contributed by atoms with Gasteiger partial charge in [-0.2, -0.15) is 0 Å². The van der Waals surface area contributed by atoms with E-state index in [1.807, 2.05) is 25.1 Å². The number of hydrogen-bond donors (Lipinski definition) is 2. The van der Waals surface area contributed by atoms with Crippen molar-refractivity contribution < 1.29 is 19.4 Å². The van der Waals surface area contributed by atoms with Gasteiger partial charge in [0.2, 0.25) is 5.91 Å². The molecule has 6 nitrogen and oxygen atoms in total. The van der Waals surface area contributed by atoms with Gasteiger partial charge in [0.05, 0.1) is 11.8 Å². The molecule has 0 atom stereocenters. The highest BCUT2D eigenvalue weighted by atomic mass is 16.5. The summed E-state index contributed by atoms with van der Waals surface area (Å²) >= 11 is 0. The van der Waals surface area contributed by atoms with Crippen LogP contribution >= 0.6 is 0 Å². The Balaban J connectivity index is 1.65. The van der Waals surface area contributed by atoms with Crippen LogP contribution in [0.15, 0.2) is 18.2 Å². The summed E-state index contributed by atoms with van der Waals surface area (Å²) in [4.78, 5) is 26.8. The molecule has 1 aliphatic carbocycles. The molecule has 1 aromatic carbocycles. The molecule has 0 aromatic heterocycles. The molecule has 1 aromatic rings. The fraction of sp³-hybridized carbons (Fsp3) is 0.600. The Morgan fingerprint density at radius 1 is 1.31 bits per heavy atom. The van der Waals surface area contributed by atoms with Crippen LogP contribution in [0.3, 0.4) is 0 Å². The Hall–Kier alpha value is -2.08. The maximum Gasteiger partial charge on any atom is 0.270 e. The Morgan fingerprint density at radius 2 is 2.00 bits per heavy atom.